The largest absolute Gasteiger partial charge is 0.394 e. The second-order valence-corrected chi connectivity index (χ2v) is 3.41. The first-order valence-electron chi connectivity index (χ1n) is 4.92. The van der Waals surface area contributed by atoms with Crippen molar-refractivity contribution in [3.05, 3.63) is 0 Å². The maximum atomic E-state index is 9.25. The topological polar surface area (TPSA) is 52.9 Å². The van der Waals surface area contributed by atoms with Gasteiger partial charge in [-0.3, -0.25) is 0 Å². The van der Waals surface area contributed by atoms with Gasteiger partial charge in [-0.05, 0) is 12.8 Å². The van der Waals surface area contributed by atoms with E-state index in [1.807, 2.05) is 0 Å². The molecule has 4 heteroatoms. The number of piperidine rings is 1. The average Bonchev–Trinajstić information content (AvgIpc) is 2.15. The summed E-state index contributed by atoms with van der Waals surface area (Å²) in [6.07, 6.45) is 1.65. The molecular formula is C9H19NO3. The van der Waals surface area contributed by atoms with Crippen molar-refractivity contribution in [3.63, 3.8) is 0 Å². The van der Waals surface area contributed by atoms with E-state index in [1.165, 1.54) is 0 Å². The molecule has 1 rings (SSSR count). The lowest BCUT2D eigenvalue weighted by molar-refractivity contribution is 0.0455. The van der Waals surface area contributed by atoms with Crippen LogP contribution in [0.5, 0.6) is 0 Å². The van der Waals surface area contributed by atoms with Crippen molar-refractivity contribution < 1.29 is 14.9 Å². The van der Waals surface area contributed by atoms with Gasteiger partial charge in [0.1, 0.15) is 0 Å². The SMILES string of the molecule is OCCOCCN1CCC(O)CC1. The van der Waals surface area contributed by atoms with Gasteiger partial charge in [0.15, 0.2) is 0 Å². The zero-order valence-electron chi connectivity index (χ0n) is 7.98. The Kier molecular flexibility index (Phi) is 5.31. The molecule has 4 nitrogen and oxygen atoms in total. The second kappa shape index (κ2) is 6.32. The van der Waals surface area contributed by atoms with Gasteiger partial charge >= 0.3 is 0 Å². The predicted octanol–water partition coefficient (Wildman–Crippen LogP) is -0.548. The van der Waals surface area contributed by atoms with Crippen molar-refractivity contribution in [3.8, 4) is 0 Å². The van der Waals surface area contributed by atoms with E-state index in [9.17, 15) is 5.11 Å². The molecule has 13 heavy (non-hydrogen) atoms. The minimum atomic E-state index is -0.102. The van der Waals surface area contributed by atoms with Crippen molar-refractivity contribution in [1.29, 1.82) is 0 Å². The molecule has 0 saturated carbocycles. The Morgan fingerprint density at radius 1 is 1.23 bits per heavy atom. The Bertz CT molecular complexity index is 124. The lowest BCUT2D eigenvalue weighted by atomic mass is 10.1. The van der Waals surface area contributed by atoms with Gasteiger partial charge < -0.3 is 19.8 Å². The number of nitrogens with zero attached hydrogens (tertiary/aromatic N) is 1. The number of aliphatic hydroxyl groups is 2. The summed E-state index contributed by atoms with van der Waals surface area (Å²) in [5, 5.41) is 17.7. The Balaban J connectivity index is 1.96. The summed E-state index contributed by atoms with van der Waals surface area (Å²) in [6.45, 7) is 4.03. The molecule has 0 aromatic carbocycles. The zero-order valence-corrected chi connectivity index (χ0v) is 7.98. The Labute approximate surface area is 79.1 Å². The van der Waals surface area contributed by atoms with Crippen LogP contribution < -0.4 is 0 Å². The van der Waals surface area contributed by atoms with Crippen LogP contribution >= 0.6 is 0 Å². The third kappa shape index (κ3) is 4.57. The van der Waals surface area contributed by atoms with E-state index in [0.29, 0.717) is 13.2 Å². The molecule has 1 saturated heterocycles. The van der Waals surface area contributed by atoms with Crippen molar-refractivity contribution in [2.45, 2.75) is 18.9 Å². The first-order chi connectivity index (χ1) is 6.33. The Morgan fingerprint density at radius 2 is 1.92 bits per heavy atom. The molecule has 2 N–H and O–H groups in total. The molecule has 0 aliphatic carbocycles. The molecular weight excluding hydrogens is 170 g/mol. The lowest BCUT2D eigenvalue weighted by Crippen LogP contribution is -2.37. The first kappa shape index (κ1) is 10.9. The standard InChI is InChI=1S/C9H19NO3/c11-6-8-13-7-5-10-3-1-9(12)2-4-10/h9,11-12H,1-8H2. The molecule has 0 spiro atoms. The van der Waals surface area contributed by atoms with E-state index in [4.69, 9.17) is 9.84 Å². The number of hydrogen-bond donors (Lipinski definition) is 2. The maximum Gasteiger partial charge on any atom is 0.0698 e. The summed E-state index contributed by atoms with van der Waals surface area (Å²) in [7, 11) is 0. The maximum absolute atomic E-state index is 9.25. The zero-order chi connectivity index (χ0) is 9.52. The predicted molar refractivity (Wildman–Crippen MR) is 49.6 cm³/mol. The van der Waals surface area contributed by atoms with Crippen molar-refractivity contribution in [1.82, 2.24) is 4.90 Å². The van der Waals surface area contributed by atoms with Crippen LogP contribution in [0, 0.1) is 0 Å². The molecule has 0 amide bonds. The summed E-state index contributed by atoms with van der Waals surface area (Å²) >= 11 is 0. The highest BCUT2D eigenvalue weighted by molar-refractivity contribution is 4.70. The van der Waals surface area contributed by atoms with Gasteiger partial charge in [-0.1, -0.05) is 0 Å². The van der Waals surface area contributed by atoms with E-state index in [0.717, 1.165) is 32.5 Å². The molecule has 0 aromatic heterocycles. The van der Waals surface area contributed by atoms with E-state index < -0.39 is 0 Å². The smallest absolute Gasteiger partial charge is 0.0698 e. The van der Waals surface area contributed by atoms with Crippen LogP contribution in [-0.2, 0) is 4.74 Å². The molecule has 1 fully saturated rings. The van der Waals surface area contributed by atoms with Gasteiger partial charge in [-0.15, -0.1) is 0 Å². The van der Waals surface area contributed by atoms with Gasteiger partial charge in [0.05, 0.1) is 25.9 Å². The van der Waals surface area contributed by atoms with E-state index in [-0.39, 0.29) is 12.7 Å². The average molecular weight is 189 g/mol. The highest BCUT2D eigenvalue weighted by Crippen LogP contribution is 2.08. The van der Waals surface area contributed by atoms with Gasteiger partial charge in [-0.25, -0.2) is 0 Å². The van der Waals surface area contributed by atoms with Crippen LogP contribution in [0.25, 0.3) is 0 Å². The molecule has 0 unspecified atom stereocenters. The third-order valence-electron chi connectivity index (χ3n) is 2.34. The normalized spacial score (nSPS) is 20.8. The number of ether oxygens (including phenoxy) is 1. The molecule has 0 aromatic rings. The van der Waals surface area contributed by atoms with Crippen LogP contribution in [-0.4, -0.2) is 60.7 Å². The minimum Gasteiger partial charge on any atom is -0.394 e. The van der Waals surface area contributed by atoms with E-state index >= 15 is 0 Å². The Hall–Kier alpha value is -0.160. The summed E-state index contributed by atoms with van der Waals surface area (Å²) in [5.74, 6) is 0. The summed E-state index contributed by atoms with van der Waals surface area (Å²) in [6, 6.07) is 0. The van der Waals surface area contributed by atoms with Gasteiger partial charge in [0.2, 0.25) is 0 Å². The fourth-order valence-corrected chi connectivity index (χ4v) is 1.50. The lowest BCUT2D eigenvalue weighted by Gasteiger charge is -2.29. The summed E-state index contributed by atoms with van der Waals surface area (Å²) in [4.78, 5) is 2.28. The number of hydrogen-bond acceptors (Lipinski definition) is 4. The van der Waals surface area contributed by atoms with E-state index in [2.05, 4.69) is 4.90 Å². The van der Waals surface area contributed by atoms with Crippen molar-refractivity contribution in [2.24, 2.45) is 0 Å². The fourth-order valence-electron chi connectivity index (χ4n) is 1.50. The van der Waals surface area contributed by atoms with E-state index in [1.54, 1.807) is 0 Å². The van der Waals surface area contributed by atoms with Crippen LogP contribution in [0.4, 0.5) is 0 Å². The van der Waals surface area contributed by atoms with Crippen LogP contribution in [0.1, 0.15) is 12.8 Å². The molecule has 0 bridgehead atoms. The Morgan fingerprint density at radius 3 is 2.54 bits per heavy atom. The van der Waals surface area contributed by atoms with Crippen molar-refractivity contribution in [2.75, 3.05) is 39.5 Å². The minimum absolute atomic E-state index is 0.0959. The van der Waals surface area contributed by atoms with Gasteiger partial charge in [-0.2, -0.15) is 0 Å². The highest BCUT2D eigenvalue weighted by atomic mass is 16.5. The number of aliphatic hydroxyl groups excluding tert-OH is 2. The van der Waals surface area contributed by atoms with Gasteiger partial charge in [0, 0.05) is 19.6 Å². The summed E-state index contributed by atoms with van der Waals surface area (Å²) < 4.78 is 5.16. The molecule has 1 heterocycles. The van der Waals surface area contributed by atoms with Crippen molar-refractivity contribution >= 4 is 0 Å². The first-order valence-corrected chi connectivity index (χ1v) is 4.92. The van der Waals surface area contributed by atoms with Gasteiger partial charge in [0.25, 0.3) is 0 Å². The number of rotatable bonds is 5. The fraction of sp³-hybridized carbons (Fsp3) is 1.00. The molecule has 78 valence electrons. The quantitative estimate of drug-likeness (QED) is 0.570. The molecule has 0 atom stereocenters. The molecule has 0 radical (unpaired) electrons. The highest BCUT2D eigenvalue weighted by Gasteiger charge is 2.15. The van der Waals surface area contributed by atoms with Crippen LogP contribution in [0.2, 0.25) is 0 Å². The molecule has 1 aliphatic heterocycles. The third-order valence-corrected chi connectivity index (χ3v) is 2.34. The summed E-state index contributed by atoms with van der Waals surface area (Å²) in [5.41, 5.74) is 0. The van der Waals surface area contributed by atoms with Crippen LogP contribution in [0.15, 0.2) is 0 Å². The van der Waals surface area contributed by atoms with Crippen LogP contribution in [0.3, 0.4) is 0 Å². The monoisotopic (exact) mass is 189 g/mol. The second-order valence-electron chi connectivity index (χ2n) is 3.41. The molecule has 1 aliphatic rings. The number of likely N-dealkylation sites (tertiary alicyclic amines) is 1.